The Hall–Kier alpha value is -2.55. The molecule has 0 radical (unpaired) electrons. The maximum atomic E-state index is 13.1. The predicted molar refractivity (Wildman–Crippen MR) is 115 cm³/mol. The van der Waals surface area contributed by atoms with E-state index in [1.807, 2.05) is 25.1 Å². The molecule has 158 valence electrons. The Morgan fingerprint density at radius 2 is 2.13 bits per heavy atom. The number of aryl methyl sites for hydroxylation is 1. The Morgan fingerprint density at radius 3 is 2.87 bits per heavy atom. The van der Waals surface area contributed by atoms with Crippen LogP contribution in [0.25, 0.3) is 11.0 Å². The van der Waals surface area contributed by atoms with Crippen molar-refractivity contribution < 1.29 is 17.6 Å². The van der Waals surface area contributed by atoms with E-state index >= 15 is 0 Å². The van der Waals surface area contributed by atoms with Crippen LogP contribution in [0.15, 0.2) is 52.0 Å². The molecule has 8 heteroatoms. The van der Waals surface area contributed by atoms with Gasteiger partial charge in [-0.1, -0.05) is 6.07 Å². The smallest absolute Gasteiger partial charge is 0.265 e. The van der Waals surface area contributed by atoms with Gasteiger partial charge in [-0.2, -0.15) is 0 Å². The standard InChI is InChI=1S/C22H25N3O4S/c1-14-3-4-20(28-2)21(7-14)30(26,27)24-17-8-15-5-6-29-22(15)16(9-17)12-25-13-18-10-19(25)11-23-18/h3-9,18-19,23-24H,10-13H2,1-2H3. The number of anilines is 1. The van der Waals surface area contributed by atoms with Crippen molar-refractivity contribution in [2.75, 3.05) is 24.9 Å². The molecule has 5 rings (SSSR count). The molecule has 0 saturated carbocycles. The van der Waals surface area contributed by atoms with Crippen LogP contribution in [0.3, 0.4) is 0 Å². The zero-order valence-electron chi connectivity index (χ0n) is 17.0. The summed E-state index contributed by atoms with van der Waals surface area (Å²) in [5.74, 6) is 0.318. The van der Waals surface area contributed by atoms with Crippen molar-refractivity contribution in [3.63, 3.8) is 0 Å². The molecule has 30 heavy (non-hydrogen) atoms. The number of hydrogen-bond acceptors (Lipinski definition) is 6. The van der Waals surface area contributed by atoms with E-state index in [0.29, 0.717) is 23.5 Å². The lowest BCUT2D eigenvalue weighted by molar-refractivity contribution is 0.218. The molecule has 2 fully saturated rings. The molecule has 3 heterocycles. The average Bonchev–Trinajstić information content (AvgIpc) is 3.44. The lowest BCUT2D eigenvalue weighted by Gasteiger charge is -2.27. The molecule has 0 amide bonds. The Kier molecular flexibility index (Phi) is 4.72. The zero-order valence-corrected chi connectivity index (χ0v) is 17.8. The topological polar surface area (TPSA) is 83.8 Å². The summed E-state index contributed by atoms with van der Waals surface area (Å²) in [5, 5.41) is 4.39. The van der Waals surface area contributed by atoms with Gasteiger partial charge in [0.15, 0.2) is 0 Å². The Labute approximate surface area is 176 Å². The third kappa shape index (κ3) is 3.45. The average molecular weight is 428 g/mol. The van der Waals surface area contributed by atoms with Crippen LogP contribution in [0.4, 0.5) is 5.69 Å². The van der Waals surface area contributed by atoms with Crippen LogP contribution in [-0.4, -0.2) is 45.6 Å². The number of sulfonamides is 1. The van der Waals surface area contributed by atoms with Crippen molar-refractivity contribution in [3.05, 3.63) is 53.8 Å². The molecule has 7 nitrogen and oxygen atoms in total. The molecule has 2 saturated heterocycles. The highest BCUT2D eigenvalue weighted by atomic mass is 32.2. The van der Waals surface area contributed by atoms with Gasteiger partial charge in [-0.3, -0.25) is 9.62 Å². The quantitative estimate of drug-likeness (QED) is 0.629. The van der Waals surface area contributed by atoms with Gasteiger partial charge in [-0.15, -0.1) is 0 Å². The minimum Gasteiger partial charge on any atom is -0.495 e. The van der Waals surface area contributed by atoms with Crippen molar-refractivity contribution in [1.29, 1.82) is 0 Å². The first kappa shape index (κ1) is 19.4. The monoisotopic (exact) mass is 427 g/mol. The van der Waals surface area contributed by atoms with E-state index < -0.39 is 10.0 Å². The van der Waals surface area contributed by atoms with Crippen molar-refractivity contribution >= 4 is 26.7 Å². The fourth-order valence-electron chi connectivity index (χ4n) is 4.60. The highest BCUT2D eigenvalue weighted by molar-refractivity contribution is 7.92. The number of rotatable bonds is 6. The molecule has 1 aromatic heterocycles. The van der Waals surface area contributed by atoms with Crippen LogP contribution >= 0.6 is 0 Å². The fraction of sp³-hybridized carbons (Fsp3) is 0.364. The van der Waals surface area contributed by atoms with Gasteiger partial charge in [-0.25, -0.2) is 8.42 Å². The minimum atomic E-state index is -3.81. The maximum Gasteiger partial charge on any atom is 0.265 e. The number of furan rings is 1. The second-order valence-corrected chi connectivity index (χ2v) is 9.81. The number of likely N-dealkylation sites (tertiary alicyclic amines) is 1. The van der Waals surface area contributed by atoms with Crippen LogP contribution in [0, 0.1) is 6.92 Å². The number of fused-ring (bicyclic) bond motifs is 3. The number of ether oxygens (including phenoxy) is 1. The first-order valence-corrected chi connectivity index (χ1v) is 11.6. The summed E-state index contributed by atoms with van der Waals surface area (Å²) in [6.45, 7) is 4.59. The van der Waals surface area contributed by atoms with Gasteiger partial charge >= 0.3 is 0 Å². The molecule has 2 bridgehead atoms. The van der Waals surface area contributed by atoms with Crippen molar-refractivity contribution in [2.24, 2.45) is 0 Å². The summed E-state index contributed by atoms with van der Waals surface area (Å²) >= 11 is 0. The van der Waals surface area contributed by atoms with Crippen LogP contribution < -0.4 is 14.8 Å². The summed E-state index contributed by atoms with van der Waals surface area (Å²) in [4.78, 5) is 2.57. The van der Waals surface area contributed by atoms with Crippen molar-refractivity contribution in [2.45, 2.75) is 36.9 Å². The molecule has 2 unspecified atom stereocenters. The summed E-state index contributed by atoms with van der Waals surface area (Å²) in [5.41, 5.74) is 3.16. The van der Waals surface area contributed by atoms with Crippen LogP contribution in [-0.2, 0) is 16.6 Å². The largest absolute Gasteiger partial charge is 0.495 e. The molecule has 2 N–H and O–H groups in total. The predicted octanol–water partition coefficient (Wildman–Crippen LogP) is 3.10. The maximum absolute atomic E-state index is 13.1. The molecule has 2 atom stereocenters. The lowest BCUT2D eigenvalue weighted by Crippen LogP contribution is -2.42. The van der Waals surface area contributed by atoms with Gasteiger partial charge in [0.1, 0.15) is 16.2 Å². The highest BCUT2D eigenvalue weighted by Gasteiger charge is 2.37. The van der Waals surface area contributed by atoms with E-state index in [1.165, 1.54) is 13.5 Å². The molecule has 0 aliphatic carbocycles. The Balaban J connectivity index is 1.48. The number of piperazine rings is 1. The summed E-state index contributed by atoms with van der Waals surface area (Å²) in [7, 11) is -2.34. The summed E-state index contributed by atoms with van der Waals surface area (Å²) < 4.78 is 40.0. The summed E-state index contributed by atoms with van der Waals surface area (Å²) in [6, 6.07) is 11.7. The molecule has 2 aliphatic heterocycles. The second-order valence-electron chi connectivity index (χ2n) is 8.16. The fourth-order valence-corrected chi connectivity index (χ4v) is 5.89. The third-order valence-corrected chi connectivity index (χ3v) is 7.43. The number of nitrogens with one attached hydrogen (secondary N) is 2. The third-order valence-electron chi connectivity index (χ3n) is 6.03. The number of methoxy groups -OCH3 is 1. The first-order valence-electron chi connectivity index (χ1n) is 10.1. The van der Waals surface area contributed by atoms with Gasteiger partial charge in [0.25, 0.3) is 10.0 Å². The van der Waals surface area contributed by atoms with Crippen molar-refractivity contribution in [3.8, 4) is 5.75 Å². The Morgan fingerprint density at radius 1 is 1.27 bits per heavy atom. The van der Waals surface area contributed by atoms with E-state index in [4.69, 9.17) is 9.15 Å². The van der Waals surface area contributed by atoms with Gasteiger partial charge in [0.05, 0.1) is 19.1 Å². The van der Waals surface area contributed by atoms with E-state index in [1.54, 1.807) is 24.5 Å². The highest BCUT2D eigenvalue weighted by Crippen LogP contribution is 2.32. The first-order chi connectivity index (χ1) is 14.4. The van der Waals surface area contributed by atoms with Crippen LogP contribution in [0.1, 0.15) is 17.5 Å². The van der Waals surface area contributed by atoms with Gasteiger partial charge in [0, 0.05) is 42.7 Å². The molecule has 2 aromatic carbocycles. The van der Waals surface area contributed by atoms with Crippen LogP contribution in [0.5, 0.6) is 5.75 Å². The minimum absolute atomic E-state index is 0.127. The molecular weight excluding hydrogens is 402 g/mol. The normalized spacial score (nSPS) is 21.4. The van der Waals surface area contributed by atoms with Crippen LogP contribution in [0.2, 0.25) is 0 Å². The van der Waals surface area contributed by atoms with E-state index in [-0.39, 0.29) is 4.90 Å². The van der Waals surface area contributed by atoms with Crippen molar-refractivity contribution in [1.82, 2.24) is 10.2 Å². The zero-order chi connectivity index (χ0) is 20.9. The SMILES string of the molecule is COc1ccc(C)cc1S(=O)(=O)Nc1cc(CN2CC3CC2CN3)c2occc2c1. The molecule has 0 spiro atoms. The molecule has 2 aliphatic rings. The second kappa shape index (κ2) is 7.30. The van der Waals surface area contributed by atoms with E-state index in [0.717, 1.165) is 41.7 Å². The van der Waals surface area contributed by atoms with E-state index in [2.05, 4.69) is 14.9 Å². The molecule has 3 aromatic rings. The van der Waals surface area contributed by atoms with Gasteiger partial charge < -0.3 is 14.5 Å². The number of benzene rings is 2. The van der Waals surface area contributed by atoms with Gasteiger partial charge in [0.2, 0.25) is 0 Å². The summed E-state index contributed by atoms with van der Waals surface area (Å²) in [6.07, 6.45) is 2.81. The lowest BCUT2D eigenvalue weighted by atomic mass is 10.1. The molecular formula is C22H25N3O4S. The number of nitrogens with zero attached hydrogens (tertiary/aromatic N) is 1. The van der Waals surface area contributed by atoms with Gasteiger partial charge in [-0.05, 0) is 49.2 Å². The van der Waals surface area contributed by atoms with E-state index in [9.17, 15) is 8.42 Å². The number of hydrogen-bond donors (Lipinski definition) is 2. The Bertz CT molecular complexity index is 1200.